The summed E-state index contributed by atoms with van der Waals surface area (Å²) in [5.74, 6) is 1.19. The topological polar surface area (TPSA) is 111 Å². The Morgan fingerprint density at radius 1 is 0.581 bits per heavy atom. The van der Waals surface area contributed by atoms with E-state index in [2.05, 4.69) is 0 Å². The monoisotopic (exact) mass is 836 g/mol. The van der Waals surface area contributed by atoms with E-state index in [1.165, 1.54) is 6.08 Å². The van der Waals surface area contributed by atoms with Crippen LogP contribution < -0.4 is 14.2 Å². The molecule has 0 unspecified atom stereocenters. The van der Waals surface area contributed by atoms with Crippen LogP contribution in [0.25, 0.3) is 6.08 Å². The average Bonchev–Trinajstić information content (AvgIpc) is 3.33. The van der Waals surface area contributed by atoms with Crippen LogP contribution in [-0.4, -0.2) is 62.1 Å². The van der Waals surface area contributed by atoms with Crippen LogP contribution >= 0.6 is 0 Å². The zero-order valence-electron chi connectivity index (χ0n) is 34.7. The molecule has 6 aromatic carbocycles. The van der Waals surface area contributed by atoms with Gasteiger partial charge in [0.1, 0.15) is 37.3 Å². The first-order chi connectivity index (χ1) is 30.5. The Balaban J connectivity index is 1.06. The molecule has 1 aliphatic heterocycles. The third-order valence-electron chi connectivity index (χ3n) is 10.3. The van der Waals surface area contributed by atoms with E-state index in [1.807, 2.05) is 152 Å². The second-order valence-corrected chi connectivity index (χ2v) is 14.7. The van der Waals surface area contributed by atoms with Crippen molar-refractivity contribution >= 4 is 12.0 Å². The van der Waals surface area contributed by atoms with Crippen molar-refractivity contribution in [3.63, 3.8) is 0 Å². The Morgan fingerprint density at radius 3 is 1.69 bits per heavy atom. The molecule has 1 fully saturated rings. The third-order valence-corrected chi connectivity index (χ3v) is 10.3. The van der Waals surface area contributed by atoms with E-state index in [0.717, 1.165) is 33.6 Å². The zero-order valence-corrected chi connectivity index (χ0v) is 34.7. The molecule has 7 rings (SSSR count). The van der Waals surface area contributed by atoms with E-state index in [1.54, 1.807) is 25.3 Å². The van der Waals surface area contributed by atoms with Crippen LogP contribution in [0.4, 0.5) is 0 Å². The number of hydrogen-bond acceptors (Lipinski definition) is 10. The number of ether oxygens (including phenoxy) is 8. The second-order valence-electron chi connectivity index (χ2n) is 14.7. The number of rotatable bonds is 21. The molecule has 6 aromatic rings. The van der Waals surface area contributed by atoms with E-state index in [9.17, 15) is 9.90 Å². The minimum atomic E-state index is -1.06. The molecule has 0 radical (unpaired) electrons. The van der Waals surface area contributed by atoms with Gasteiger partial charge in [0.15, 0.2) is 23.9 Å². The lowest BCUT2D eigenvalue weighted by atomic mass is 9.98. The van der Waals surface area contributed by atoms with Gasteiger partial charge in [-0.05, 0) is 70.1 Å². The third kappa shape index (κ3) is 12.9. The van der Waals surface area contributed by atoms with E-state index in [4.69, 9.17) is 37.9 Å². The first-order valence-electron chi connectivity index (χ1n) is 20.7. The number of aliphatic hydroxyl groups excluding tert-OH is 1. The van der Waals surface area contributed by atoms with Gasteiger partial charge in [0.05, 0.1) is 33.5 Å². The lowest BCUT2D eigenvalue weighted by molar-refractivity contribution is -0.320. The van der Waals surface area contributed by atoms with Gasteiger partial charge in [-0.15, -0.1) is 0 Å². The Morgan fingerprint density at radius 2 is 1.13 bits per heavy atom. The minimum Gasteiger partial charge on any atom is -0.493 e. The van der Waals surface area contributed by atoms with Crippen molar-refractivity contribution in [1.82, 2.24) is 0 Å². The highest BCUT2D eigenvalue weighted by Crippen LogP contribution is 2.32. The predicted molar refractivity (Wildman–Crippen MR) is 235 cm³/mol. The number of hydrogen-bond donors (Lipinski definition) is 1. The van der Waals surface area contributed by atoms with Gasteiger partial charge in [0.2, 0.25) is 0 Å². The van der Waals surface area contributed by atoms with Gasteiger partial charge in [-0.1, -0.05) is 140 Å². The maximum atomic E-state index is 13.6. The number of carbonyl (C=O) groups excluding carboxylic acids is 1. The van der Waals surface area contributed by atoms with Gasteiger partial charge in [-0.3, -0.25) is 0 Å². The van der Waals surface area contributed by atoms with E-state index in [-0.39, 0.29) is 19.8 Å². The molecule has 0 saturated carbocycles. The molecule has 0 spiro atoms. The zero-order chi connectivity index (χ0) is 42.8. The van der Waals surface area contributed by atoms with Crippen molar-refractivity contribution in [3.8, 4) is 17.2 Å². The molecule has 1 heterocycles. The van der Waals surface area contributed by atoms with Crippen LogP contribution in [0.15, 0.2) is 170 Å². The molecular formula is C52H52O10. The fourth-order valence-corrected chi connectivity index (χ4v) is 6.97. The van der Waals surface area contributed by atoms with Gasteiger partial charge in [0, 0.05) is 6.08 Å². The van der Waals surface area contributed by atoms with Crippen molar-refractivity contribution in [2.24, 2.45) is 0 Å². The summed E-state index contributed by atoms with van der Waals surface area (Å²) in [4.78, 5) is 13.6. The van der Waals surface area contributed by atoms with E-state index < -0.39 is 43.3 Å². The summed E-state index contributed by atoms with van der Waals surface area (Å²) in [7, 11) is 1.56. The van der Waals surface area contributed by atoms with Gasteiger partial charge >= 0.3 is 5.97 Å². The van der Waals surface area contributed by atoms with Crippen molar-refractivity contribution in [2.45, 2.75) is 63.6 Å². The summed E-state index contributed by atoms with van der Waals surface area (Å²) in [6.07, 6.45) is -1.25. The largest absolute Gasteiger partial charge is 0.493 e. The smallest absolute Gasteiger partial charge is 0.331 e. The second kappa shape index (κ2) is 23.1. The first kappa shape index (κ1) is 43.8. The quantitative estimate of drug-likeness (QED) is 0.0558. The standard InChI is InChI=1S/C52H52O10/c1-55-46-32-39(24-28-45(46)58-35-41-16-8-3-9-17-41)25-29-48(54)62-49-47(33-53)61-52(56-31-30-38-22-26-44(27-23-38)57-34-40-14-6-2-7-15-40)51(60-37-43-20-12-5-13-21-43)50(49)59-36-42-18-10-4-11-19-42/h2-29,32,47,49-53H,30-31,33-37H2,1H3/b29-25+/t47-,49-,50+,51-,52-/m1/s1. The fraction of sp³-hybridized carbons (Fsp3) is 0.250. The Bertz CT molecular complexity index is 2250. The molecule has 10 nitrogen and oxygen atoms in total. The number of carbonyl (C=O) groups is 1. The van der Waals surface area contributed by atoms with Crippen molar-refractivity contribution in [3.05, 3.63) is 203 Å². The summed E-state index contributed by atoms with van der Waals surface area (Å²) in [5.41, 5.74) is 5.68. The van der Waals surface area contributed by atoms with Crippen molar-refractivity contribution < 1.29 is 47.8 Å². The molecule has 10 heteroatoms. The van der Waals surface area contributed by atoms with Crippen LogP contribution in [0.5, 0.6) is 17.2 Å². The highest BCUT2D eigenvalue weighted by Gasteiger charge is 2.50. The molecular weight excluding hydrogens is 785 g/mol. The van der Waals surface area contributed by atoms with Crippen LogP contribution in [0.1, 0.15) is 33.4 Å². The maximum absolute atomic E-state index is 13.6. The number of esters is 1. The number of aliphatic hydroxyl groups is 1. The number of benzene rings is 6. The van der Waals surface area contributed by atoms with Crippen molar-refractivity contribution in [1.29, 1.82) is 0 Å². The highest BCUT2D eigenvalue weighted by molar-refractivity contribution is 5.87. The molecule has 0 amide bonds. The van der Waals surface area contributed by atoms with Crippen LogP contribution in [-0.2, 0) is 61.3 Å². The SMILES string of the molecule is COc1cc(/C=C/C(=O)O[C@H]2[C@H](OCc3ccccc3)[C@@H](OCc3ccccc3)[C@H](OCCc3ccc(OCc4ccccc4)cc3)O[C@@H]2CO)ccc1OCc1ccccc1. The summed E-state index contributed by atoms with van der Waals surface area (Å²) >= 11 is 0. The first-order valence-corrected chi connectivity index (χ1v) is 20.7. The number of methoxy groups -OCH3 is 1. The fourth-order valence-electron chi connectivity index (χ4n) is 6.97. The lowest BCUT2D eigenvalue weighted by Gasteiger charge is -2.45. The molecule has 0 aliphatic carbocycles. The summed E-state index contributed by atoms with van der Waals surface area (Å²) in [5, 5.41) is 10.7. The predicted octanol–water partition coefficient (Wildman–Crippen LogP) is 8.93. The molecule has 1 aliphatic rings. The highest BCUT2D eigenvalue weighted by atomic mass is 16.7. The molecule has 62 heavy (non-hydrogen) atoms. The van der Waals surface area contributed by atoms with E-state index >= 15 is 0 Å². The van der Waals surface area contributed by atoms with Gasteiger partial charge in [-0.25, -0.2) is 4.79 Å². The maximum Gasteiger partial charge on any atom is 0.331 e. The molecule has 1 N–H and O–H groups in total. The Hall–Kier alpha value is -6.27. The average molecular weight is 837 g/mol. The summed E-state index contributed by atoms with van der Waals surface area (Å²) < 4.78 is 49.7. The molecule has 320 valence electrons. The lowest BCUT2D eigenvalue weighted by Crippen LogP contribution is -2.62. The Labute approximate surface area is 363 Å². The summed E-state index contributed by atoms with van der Waals surface area (Å²) in [6, 6.07) is 52.6. The van der Waals surface area contributed by atoms with Crippen molar-refractivity contribution in [2.75, 3.05) is 20.3 Å². The molecule has 5 atom stereocenters. The molecule has 1 saturated heterocycles. The molecule has 0 bridgehead atoms. The minimum absolute atomic E-state index is 0.183. The van der Waals surface area contributed by atoms with Gasteiger partial charge < -0.3 is 43.0 Å². The Kier molecular flexibility index (Phi) is 16.3. The summed E-state index contributed by atoms with van der Waals surface area (Å²) in [6.45, 7) is 1.06. The van der Waals surface area contributed by atoms with Crippen LogP contribution in [0.2, 0.25) is 0 Å². The van der Waals surface area contributed by atoms with E-state index in [0.29, 0.717) is 36.7 Å². The molecule has 0 aromatic heterocycles. The normalized spacial score (nSPS) is 18.6. The van der Waals surface area contributed by atoms with Gasteiger partial charge in [-0.2, -0.15) is 0 Å². The van der Waals surface area contributed by atoms with Crippen LogP contribution in [0.3, 0.4) is 0 Å². The van der Waals surface area contributed by atoms with Gasteiger partial charge in [0.25, 0.3) is 0 Å². The van der Waals surface area contributed by atoms with Crippen LogP contribution in [0, 0.1) is 0 Å².